The molecule has 6 heteroatoms. The molecule has 1 aromatic carbocycles. The number of carboxylic acids is 1. The first-order chi connectivity index (χ1) is 11.4. The molecular formula is C18H27N3O3. The second-order valence-electron chi connectivity index (χ2n) is 6.55. The van der Waals surface area contributed by atoms with Gasteiger partial charge in [-0.1, -0.05) is 12.1 Å². The summed E-state index contributed by atoms with van der Waals surface area (Å²) in [6, 6.07) is 8.27. The minimum Gasteiger partial charge on any atom is -0.480 e. The maximum atomic E-state index is 11.2. The van der Waals surface area contributed by atoms with E-state index in [1.807, 2.05) is 30.1 Å². The molecule has 0 aromatic heterocycles. The molecule has 6 nitrogen and oxygen atoms in total. The summed E-state index contributed by atoms with van der Waals surface area (Å²) in [5, 5.41) is 11.8. The van der Waals surface area contributed by atoms with Gasteiger partial charge >= 0.3 is 5.97 Å². The molecule has 132 valence electrons. The lowest BCUT2D eigenvalue weighted by Crippen LogP contribution is -2.36. The van der Waals surface area contributed by atoms with Crippen LogP contribution in [0.15, 0.2) is 24.3 Å². The summed E-state index contributed by atoms with van der Waals surface area (Å²) in [4.78, 5) is 26.4. The van der Waals surface area contributed by atoms with Gasteiger partial charge in [0.2, 0.25) is 5.91 Å². The molecule has 1 aliphatic rings. The van der Waals surface area contributed by atoms with Crippen molar-refractivity contribution in [1.82, 2.24) is 9.80 Å². The minimum atomic E-state index is -0.770. The molecule has 1 unspecified atom stereocenters. The van der Waals surface area contributed by atoms with Crippen molar-refractivity contribution in [3.63, 3.8) is 0 Å². The number of amides is 1. The Balaban J connectivity index is 1.90. The van der Waals surface area contributed by atoms with E-state index in [1.54, 1.807) is 0 Å². The van der Waals surface area contributed by atoms with Gasteiger partial charge in [-0.25, -0.2) is 0 Å². The lowest BCUT2D eigenvalue weighted by molar-refractivity contribution is -0.138. The van der Waals surface area contributed by atoms with Crippen LogP contribution in [-0.2, 0) is 16.1 Å². The van der Waals surface area contributed by atoms with Gasteiger partial charge < -0.3 is 10.4 Å². The van der Waals surface area contributed by atoms with E-state index in [1.165, 1.54) is 12.5 Å². The highest BCUT2D eigenvalue weighted by Crippen LogP contribution is 2.19. The molecule has 24 heavy (non-hydrogen) atoms. The maximum Gasteiger partial charge on any atom is 0.317 e. The molecular weight excluding hydrogens is 306 g/mol. The van der Waals surface area contributed by atoms with Gasteiger partial charge in [-0.3, -0.25) is 19.4 Å². The van der Waals surface area contributed by atoms with Gasteiger partial charge in [-0.2, -0.15) is 0 Å². The Hall–Kier alpha value is -1.92. The molecule has 2 rings (SSSR count). The van der Waals surface area contributed by atoms with Gasteiger partial charge in [0.25, 0.3) is 0 Å². The van der Waals surface area contributed by atoms with Crippen molar-refractivity contribution in [3.05, 3.63) is 29.8 Å². The fourth-order valence-electron chi connectivity index (χ4n) is 3.29. The van der Waals surface area contributed by atoms with Gasteiger partial charge in [0.15, 0.2) is 0 Å². The Kier molecular flexibility index (Phi) is 6.75. The predicted octanol–water partition coefficient (Wildman–Crippen LogP) is 2.02. The number of likely N-dealkylation sites (N-methyl/N-ethyl adjacent to an activating group) is 1. The largest absolute Gasteiger partial charge is 0.480 e. The Morgan fingerprint density at radius 3 is 2.83 bits per heavy atom. The maximum absolute atomic E-state index is 11.2. The van der Waals surface area contributed by atoms with E-state index in [0.29, 0.717) is 6.04 Å². The quantitative estimate of drug-likeness (QED) is 0.833. The second kappa shape index (κ2) is 8.80. The average Bonchev–Trinajstić information content (AvgIpc) is 2.72. The number of nitrogens with zero attached hydrogens (tertiary/aromatic N) is 2. The van der Waals surface area contributed by atoms with Crippen molar-refractivity contribution >= 4 is 17.6 Å². The third-order valence-corrected chi connectivity index (χ3v) is 4.45. The molecule has 1 aliphatic heterocycles. The van der Waals surface area contributed by atoms with Crippen LogP contribution in [0.1, 0.15) is 31.7 Å². The Morgan fingerprint density at radius 1 is 1.33 bits per heavy atom. The zero-order valence-corrected chi connectivity index (χ0v) is 14.5. The number of nitrogens with one attached hydrogen (secondary N) is 1. The van der Waals surface area contributed by atoms with Crippen LogP contribution < -0.4 is 5.32 Å². The van der Waals surface area contributed by atoms with Crippen LogP contribution in [-0.4, -0.2) is 59.5 Å². The number of carboxylic acid groups (broad SMARTS) is 1. The van der Waals surface area contributed by atoms with Crippen LogP contribution in [0, 0.1) is 0 Å². The van der Waals surface area contributed by atoms with Crippen LogP contribution >= 0.6 is 0 Å². The summed E-state index contributed by atoms with van der Waals surface area (Å²) in [5.41, 5.74) is 2.01. The number of hydrogen-bond acceptors (Lipinski definition) is 4. The van der Waals surface area contributed by atoms with Crippen molar-refractivity contribution in [2.24, 2.45) is 0 Å². The molecule has 1 heterocycles. The van der Waals surface area contributed by atoms with Gasteiger partial charge in [0.05, 0.1) is 6.54 Å². The summed E-state index contributed by atoms with van der Waals surface area (Å²) >= 11 is 0. The van der Waals surface area contributed by atoms with E-state index < -0.39 is 5.97 Å². The van der Waals surface area contributed by atoms with Crippen molar-refractivity contribution in [1.29, 1.82) is 0 Å². The fourth-order valence-corrected chi connectivity index (χ4v) is 3.29. The Morgan fingerprint density at radius 2 is 2.12 bits per heavy atom. The second-order valence-corrected chi connectivity index (χ2v) is 6.55. The third-order valence-electron chi connectivity index (χ3n) is 4.45. The molecule has 1 fully saturated rings. The Bertz CT molecular complexity index is 576. The molecule has 1 atom stereocenters. The van der Waals surface area contributed by atoms with Crippen LogP contribution in [0.4, 0.5) is 5.69 Å². The minimum absolute atomic E-state index is 0.0637. The van der Waals surface area contributed by atoms with Gasteiger partial charge in [-0.05, 0) is 57.1 Å². The molecule has 0 bridgehead atoms. The standard InChI is InChI=1S/C18H27N3O3/c1-14(22)19-16-6-3-5-15(11-16)12-21-9-4-7-17(8-10-21)20(2)13-18(23)24/h3,5-6,11,17H,4,7-10,12-13H2,1-2H3,(H,19,22)(H,23,24). The number of rotatable bonds is 6. The first kappa shape index (κ1) is 18.4. The molecule has 1 amide bonds. The third kappa shape index (κ3) is 5.94. The number of hydrogen-bond donors (Lipinski definition) is 2. The number of carbonyl (C=O) groups excluding carboxylic acids is 1. The molecule has 0 saturated carbocycles. The molecule has 0 aliphatic carbocycles. The van der Waals surface area contributed by atoms with Crippen LogP contribution in [0.2, 0.25) is 0 Å². The van der Waals surface area contributed by atoms with E-state index in [0.717, 1.165) is 44.6 Å². The highest BCUT2D eigenvalue weighted by molar-refractivity contribution is 5.88. The lowest BCUT2D eigenvalue weighted by atomic mass is 10.1. The number of benzene rings is 1. The van der Waals surface area contributed by atoms with E-state index in [-0.39, 0.29) is 12.5 Å². The predicted molar refractivity (Wildman–Crippen MR) is 93.9 cm³/mol. The summed E-state index contributed by atoms with van der Waals surface area (Å²) in [6.07, 6.45) is 3.08. The first-order valence-electron chi connectivity index (χ1n) is 8.45. The zero-order chi connectivity index (χ0) is 17.5. The molecule has 1 saturated heterocycles. The smallest absolute Gasteiger partial charge is 0.317 e. The van der Waals surface area contributed by atoms with E-state index in [4.69, 9.17) is 5.11 Å². The zero-order valence-electron chi connectivity index (χ0n) is 14.5. The van der Waals surface area contributed by atoms with Gasteiger partial charge in [-0.15, -0.1) is 0 Å². The van der Waals surface area contributed by atoms with E-state index >= 15 is 0 Å². The van der Waals surface area contributed by atoms with Crippen molar-refractivity contribution in [2.45, 2.75) is 38.8 Å². The van der Waals surface area contributed by atoms with Crippen molar-refractivity contribution in [2.75, 3.05) is 32.0 Å². The number of anilines is 1. The number of carbonyl (C=O) groups is 2. The lowest BCUT2D eigenvalue weighted by Gasteiger charge is -2.25. The summed E-state index contributed by atoms with van der Waals surface area (Å²) in [5.74, 6) is -0.834. The molecule has 2 N–H and O–H groups in total. The van der Waals surface area contributed by atoms with Crippen LogP contribution in [0.25, 0.3) is 0 Å². The summed E-state index contributed by atoms with van der Waals surface area (Å²) in [7, 11) is 1.89. The highest BCUT2D eigenvalue weighted by atomic mass is 16.4. The number of aliphatic carboxylic acids is 1. The fraction of sp³-hybridized carbons (Fsp3) is 0.556. The van der Waals surface area contributed by atoms with Gasteiger partial charge in [0, 0.05) is 25.2 Å². The molecule has 0 spiro atoms. The van der Waals surface area contributed by atoms with Crippen LogP contribution in [0.3, 0.4) is 0 Å². The topological polar surface area (TPSA) is 72.9 Å². The monoisotopic (exact) mass is 333 g/mol. The summed E-state index contributed by atoms with van der Waals surface area (Å²) < 4.78 is 0. The van der Waals surface area contributed by atoms with Crippen molar-refractivity contribution < 1.29 is 14.7 Å². The normalized spacial score (nSPS) is 19.0. The SMILES string of the molecule is CC(=O)Nc1cccc(CN2CCCC(N(C)CC(=O)O)CC2)c1. The summed E-state index contributed by atoms with van der Waals surface area (Å²) in [6.45, 7) is 4.43. The van der Waals surface area contributed by atoms with E-state index in [2.05, 4.69) is 16.3 Å². The van der Waals surface area contributed by atoms with Gasteiger partial charge in [0.1, 0.15) is 0 Å². The van der Waals surface area contributed by atoms with Crippen molar-refractivity contribution in [3.8, 4) is 0 Å². The van der Waals surface area contributed by atoms with E-state index in [9.17, 15) is 9.59 Å². The number of likely N-dealkylation sites (tertiary alicyclic amines) is 1. The Labute approximate surface area is 143 Å². The molecule has 0 radical (unpaired) electrons. The average molecular weight is 333 g/mol. The highest BCUT2D eigenvalue weighted by Gasteiger charge is 2.21. The van der Waals surface area contributed by atoms with Crippen LogP contribution in [0.5, 0.6) is 0 Å². The molecule has 1 aromatic rings. The first-order valence-corrected chi connectivity index (χ1v) is 8.45.